The van der Waals surface area contributed by atoms with Crippen LogP contribution < -0.4 is 5.32 Å². The number of benzene rings is 1. The molecule has 0 aliphatic heterocycles. The van der Waals surface area contributed by atoms with Crippen LogP contribution in [0.4, 0.5) is 5.69 Å². The van der Waals surface area contributed by atoms with E-state index >= 15 is 0 Å². The summed E-state index contributed by atoms with van der Waals surface area (Å²) in [5.74, 6) is -0.380. The second-order valence-electron chi connectivity index (χ2n) is 4.82. The number of rotatable bonds is 7. The van der Waals surface area contributed by atoms with Crippen molar-refractivity contribution in [2.75, 3.05) is 18.4 Å². The Labute approximate surface area is 135 Å². The molecule has 0 saturated heterocycles. The average Bonchev–Trinajstić information content (AvgIpc) is 2.41. The highest BCUT2D eigenvalue weighted by atomic mass is 35.5. The zero-order valence-electron chi connectivity index (χ0n) is 12.3. The predicted octanol–water partition coefficient (Wildman–Crippen LogP) is 3.97. The molecule has 0 unspecified atom stereocenters. The lowest BCUT2D eigenvalue weighted by atomic mass is 10.2. The van der Waals surface area contributed by atoms with Gasteiger partial charge in [0.15, 0.2) is 0 Å². The minimum absolute atomic E-state index is 0.0258. The van der Waals surface area contributed by atoms with Gasteiger partial charge < -0.3 is 10.2 Å². The third-order valence-electron chi connectivity index (χ3n) is 3.02. The zero-order valence-corrected chi connectivity index (χ0v) is 13.8. The molecule has 1 aromatic rings. The molecule has 0 aliphatic rings. The van der Waals surface area contributed by atoms with E-state index in [1.165, 1.54) is 11.8 Å². The van der Waals surface area contributed by atoms with Crippen LogP contribution in [0.2, 0.25) is 10.0 Å². The minimum atomic E-state index is -0.272. The molecule has 6 heteroatoms. The molecule has 1 rings (SSSR count). The summed E-state index contributed by atoms with van der Waals surface area (Å²) < 4.78 is 0. The van der Waals surface area contributed by atoms with Gasteiger partial charge in [-0.3, -0.25) is 9.59 Å². The molecule has 0 radical (unpaired) electrons. The van der Waals surface area contributed by atoms with Crippen molar-refractivity contribution in [3.63, 3.8) is 0 Å². The number of anilines is 1. The number of halogens is 2. The molecule has 0 aliphatic carbocycles. The Balaban J connectivity index is 2.59. The van der Waals surface area contributed by atoms with E-state index in [2.05, 4.69) is 12.2 Å². The highest BCUT2D eigenvalue weighted by molar-refractivity contribution is 6.36. The molecule has 0 fully saturated rings. The third kappa shape index (κ3) is 6.36. The Morgan fingerprint density at radius 1 is 1.24 bits per heavy atom. The van der Waals surface area contributed by atoms with Gasteiger partial charge in [-0.05, 0) is 24.6 Å². The molecular weight excluding hydrogens is 311 g/mol. The van der Waals surface area contributed by atoms with Crippen molar-refractivity contribution < 1.29 is 9.59 Å². The minimum Gasteiger partial charge on any atom is -0.334 e. The second-order valence-corrected chi connectivity index (χ2v) is 5.66. The molecule has 1 aromatic carbocycles. The van der Waals surface area contributed by atoms with Crippen LogP contribution in [-0.4, -0.2) is 29.8 Å². The molecule has 21 heavy (non-hydrogen) atoms. The maximum atomic E-state index is 12.0. The van der Waals surface area contributed by atoms with E-state index in [4.69, 9.17) is 23.2 Å². The van der Waals surface area contributed by atoms with Crippen LogP contribution in [0.25, 0.3) is 0 Å². The fourth-order valence-corrected chi connectivity index (χ4v) is 2.31. The van der Waals surface area contributed by atoms with E-state index in [1.807, 2.05) is 0 Å². The largest absolute Gasteiger partial charge is 0.334 e. The smallest absolute Gasteiger partial charge is 0.244 e. The number of carbonyl (C=O) groups excluding carboxylic acids is 2. The van der Waals surface area contributed by atoms with Crippen molar-refractivity contribution >= 4 is 40.7 Å². The molecule has 1 N–H and O–H groups in total. The first-order valence-electron chi connectivity index (χ1n) is 6.94. The summed E-state index contributed by atoms with van der Waals surface area (Å²) in [6, 6.07) is 4.84. The molecule has 0 spiro atoms. The third-order valence-corrected chi connectivity index (χ3v) is 3.56. The molecule has 0 aromatic heterocycles. The lowest BCUT2D eigenvalue weighted by molar-refractivity contribution is -0.132. The average molecular weight is 331 g/mol. The first-order valence-corrected chi connectivity index (χ1v) is 7.70. The number of carbonyl (C=O) groups is 2. The van der Waals surface area contributed by atoms with Crippen molar-refractivity contribution in [1.82, 2.24) is 4.90 Å². The Morgan fingerprint density at radius 3 is 2.52 bits per heavy atom. The number of hydrogen-bond donors (Lipinski definition) is 1. The van der Waals surface area contributed by atoms with Gasteiger partial charge in [-0.15, -0.1) is 0 Å². The number of unbranched alkanes of at least 4 members (excludes halogenated alkanes) is 2. The van der Waals surface area contributed by atoms with Crippen LogP contribution in [0.5, 0.6) is 0 Å². The topological polar surface area (TPSA) is 49.4 Å². The normalized spacial score (nSPS) is 10.3. The fourth-order valence-electron chi connectivity index (χ4n) is 1.85. The Bertz CT molecular complexity index is 506. The van der Waals surface area contributed by atoms with Gasteiger partial charge in [0, 0.05) is 18.5 Å². The van der Waals surface area contributed by atoms with Gasteiger partial charge in [-0.1, -0.05) is 43.0 Å². The summed E-state index contributed by atoms with van der Waals surface area (Å²) in [4.78, 5) is 25.1. The van der Waals surface area contributed by atoms with Gasteiger partial charge in [-0.2, -0.15) is 0 Å². The van der Waals surface area contributed by atoms with E-state index in [0.29, 0.717) is 22.3 Å². The Kier molecular flexibility index (Phi) is 7.54. The number of hydrogen-bond acceptors (Lipinski definition) is 2. The predicted molar refractivity (Wildman–Crippen MR) is 86.9 cm³/mol. The molecular formula is C15H20Cl2N2O2. The van der Waals surface area contributed by atoms with Gasteiger partial charge in [0.05, 0.1) is 17.3 Å². The quantitative estimate of drug-likeness (QED) is 0.769. The van der Waals surface area contributed by atoms with Crippen LogP contribution in [0, 0.1) is 0 Å². The van der Waals surface area contributed by atoms with Gasteiger partial charge in [-0.25, -0.2) is 0 Å². The molecule has 0 atom stereocenters. The summed E-state index contributed by atoms with van der Waals surface area (Å²) in [6.07, 6.45) is 3.00. The van der Waals surface area contributed by atoms with Crippen molar-refractivity contribution in [3.8, 4) is 0 Å². The van der Waals surface area contributed by atoms with Gasteiger partial charge in [0.2, 0.25) is 11.8 Å². The highest BCUT2D eigenvalue weighted by Gasteiger charge is 2.14. The monoisotopic (exact) mass is 330 g/mol. The van der Waals surface area contributed by atoms with Gasteiger partial charge in [0.25, 0.3) is 0 Å². The highest BCUT2D eigenvalue weighted by Crippen LogP contribution is 2.25. The number of nitrogens with zero attached hydrogens (tertiary/aromatic N) is 1. The van der Waals surface area contributed by atoms with Crippen LogP contribution in [0.1, 0.15) is 33.1 Å². The van der Waals surface area contributed by atoms with Crippen molar-refractivity contribution in [1.29, 1.82) is 0 Å². The van der Waals surface area contributed by atoms with E-state index in [-0.39, 0.29) is 18.4 Å². The zero-order chi connectivity index (χ0) is 15.8. The van der Waals surface area contributed by atoms with Crippen molar-refractivity contribution in [3.05, 3.63) is 28.2 Å². The lowest BCUT2D eigenvalue weighted by Gasteiger charge is -2.20. The standard InChI is InChI=1S/C15H20Cl2N2O2/c1-3-4-5-8-19(11(2)20)10-15(21)18-14-7-6-12(16)9-13(14)17/h6-7,9H,3-5,8,10H2,1-2H3,(H,18,21). The number of amides is 2. The summed E-state index contributed by atoms with van der Waals surface area (Å²) >= 11 is 11.8. The van der Waals surface area contributed by atoms with E-state index in [9.17, 15) is 9.59 Å². The van der Waals surface area contributed by atoms with Crippen LogP contribution in [0.15, 0.2) is 18.2 Å². The van der Waals surface area contributed by atoms with Crippen molar-refractivity contribution in [2.45, 2.75) is 33.1 Å². The first kappa shape index (κ1) is 17.8. The SMILES string of the molecule is CCCCCN(CC(=O)Nc1ccc(Cl)cc1Cl)C(C)=O. The summed E-state index contributed by atoms with van der Waals surface area (Å²) in [7, 11) is 0. The van der Waals surface area contributed by atoms with Crippen molar-refractivity contribution in [2.24, 2.45) is 0 Å². The number of nitrogens with one attached hydrogen (secondary N) is 1. The fraction of sp³-hybridized carbons (Fsp3) is 0.467. The molecule has 0 heterocycles. The maximum Gasteiger partial charge on any atom is 0.244 e. The molecule has 2 amide bonds. The second kappa shape index (κ2) is 8.90. The Morgan fingerprint density at radius 2 is 1.95 bits per heavy atom. The van der Waals surface area contributed by atoms with Crippen LogP contribution in [0.3, 0.4) is 0 Å². The lowest BCUT2D eigenvalue weighted by Crippen LogP contribution is -2.37. The molecule has 116 valence electrons. The van der Waals surface area contributed by atoms with Gasteiger partial charge >= 0.3 is 0 Å². The van der Waals surface area contributed by atoms with E-state index in [0.717, 1.165) is 19.3 Å². The molecule has 4 nitrogen and oxygen atoms in total. The van der Waals surface area contributed by atoms with Crippen LogP contribution in [-0.2, 0) is 9.59 Å². The molecule has 0 bridgehead atoms. The van der Waals surface area contributed by atoms with E-state index in [1.54, 1.807) is 18.2 Å². The summed E-state index contributed by atoms with van der Waals surface area (Å²) in [5.41, 5.74) is 0.489. The maximum absolute atomic E-state index is 12.0. The van der Waals surface area contributed by atoms with Crippen LogP contribution >= 0.6 is 23.2 Å². The summed E-state index contributed by atoms with van der Waals surface area (Å²) in [6.45, 7) is 4.17. The van der Waals surface area contributed by atoms with E-state index < -0.39 is 0 Å². The van der Waals surface area contributed by atoms with Gasteiger partial charge in [0.1, 0.15) is 0 Å². The first-order chi connectivity index (χ1) is 9.93. The Hall–Kier alpha value is -1.26. The molecule has 0 saturated carbocycles. The summed E-state index contributed by atoms with van der Waals surface area (Å²) in [5, 5.41) is 3.56.